The van der Waals surface area contributed by atoms with E-state index in [1.807, 2.05) is 13.0 Å². The SMILES string of the molecule is Cc1cccc(-n2nccc2[B-](F)(F)F)c1.[K+]. The van der Waals surface area contributed by atoms with E-state index in [0.29, 0.717) is 5.69 Å². The van der Waals surface area contributed by atoms with Crippen molar-refractivity contribution in [3.63, 3.8) is 0 Å². The van der Waals surface area contributed by atoms with Gasteiger partial charge in [-0.3, -0.25) is 4.68 Å². The van der Waals surface area contributed by atoms with Gasteiger partial charge in [-0.25, -0.2) is 0 Å². The second-order valence-corrected chi connectivity index (χ2v) is 3.58. The van der Waals surface area contributed by atoms with Crippen molar-refractivity contribution in [2.45, 2.75) is 6.92 Å². The third-order valence-corrected chi connectivity index (χ3v) is 2.25. The summed E-state index contributed by atoms with van der Waals surface area (Å²) in [6.07, 6.45) is 1.16. The first kappa shape index (κ1) is 15.0. The zero-order valence-electron chi connectivity index (χ0n) is 9.57. The minimum Gasteiger partial charge on any atom is -0.444 e. The maximum absolute atomic E-state index is 12.7. The van der Waals surface area contributed by atoms with Gasteiger partial charge in [-0.1, -0.05) is 18.2 Å². The monoisotopic (exact) mass is 264 g/mol. The van der Waals surface area contributed by atoms with E-state index in [0.717, 1.165) is 22.5 Å². The average Bonchev–Trinajstić information content (AvgIpc) is 2.65. The van der Waals surface area contributed by atoms with Crippen molar-refractivity contribution in [3.05, 3.63) is 42.1 Å². The fourth-order valence-corrected chi connectivity index (χ4v) is 1.54. The first-order valence-corrected chi connectivity index (χ1v) is 4.79. The predicted molar refractivity (Wildman–Crippen MR) is 57.0 cm³/mol. The molecule has 0 fully saturated rings. The molecular weight excluding hydrogens is 255 g/mol. The van der Waals surface area contributed by atoms with Crippen LogP contribution in [0.25, 0.3) is 5.69 Å². The van der Waals surface area contributed by atoms with Gasteiger partial charge in [-0.05, 0) is 30.2 Å². The van der Waals surface area contributed by atoms with Gasteiger partial charge in [0.1, 0.15) is 0 Å². The fourth-order valence-electron chi connectivity index (χ4n) is 1.54. The molecule has 7 heteroatoms. The van der Waals surface area contributed by atoms with Crippen LogP contribution < -0.4 is 57.0 Å². The topological polar surface area (TPSA) is 17.8 Å². The van der Waals surface area contributed by atoms with Gasteiger partial charge >= 0.3 is 58.4 Å². The van der Waals surface area contributed by atoms with Crippen molar-refractivity contribution in [2.24, 2.45) is 0 Å². The molecule has 0 bridgehead atoms. The van der Waals surface area contributed by atoms with Crippen LogP contribution in [-0.4, -0.2) is 16.8 Å². The number of aryl methyl sites for hydroxylation is 1. The standard InChI is InChI=1S/C10H9BF3N2.K/c1-8-3-2-4-9(7-8)16-10(5-6-15-16)11(12,13)14;/h2-7H,1H3;/q-1;+1. The molecule has 0 unspecified atom stereocenters. The second kappa shape index (κ2) is 5.71. The number of hydrogen-bond acceptors (Lipinski definition) is 1. The Morgan fingerprint density at radius 1 is 1.18 bits per heavy atom. The minimum absolute atomic E-state index is 0. The van der Waals surface area contributed by atoms with E-state index in [9.17, 15) is 12.9 Å². The summed E-state index contributed by atoms with van der Waals surface area (Å²) in [6, 6.07) is 7.79. The van der Waals surface area contributed by atoms with E-state index in [1.165, 1.54) is 0 Å². The molecule has 2 rings (SSSR count). The van der Waals surface area contributed by atoms with Crippen LogP contribution in [0.1, 0.15) is 5.56 Å². The molecule has 0 aliphatic carbocycles. The maximum atomic E-state index is 12.7. The molecule has 1 heterocycles. The Morgan fingerprint density at radius 2 is 1.88 bits per heavy atom. The molecule has 0 N–H and O–H groups in total. The van der Waals surface area contributed by atoms with Crippen molar-refractivity contribution < 1.29 is 64.3 Å². The van der Waals surface area contributed by atoms with Crippen LogP contribution in [0, 0.1) is 6.92 Å². The Bertz CT molecular complexity index is 510. The summed E-state index contributed by atoms with van der Waals surface area (Å²) in [4.78, 5) is 0. The summed E-state index contributed by atoms with van der Waals surface area (Å²) >= 11 is 0. The predicted octanol–water partition coefficient (Wildman–Crippen LogP) is -0.761. The normalized spacial score (nSPS) is 11.1. The van der Waals surface area contributed by atoms with Crippen molar-refractivity contribution >= 4 is 12.6 Å². The summed E-state index contributed by atoms with van der Waals surface area (Å²) in [6.45, 7) is -3.21. The molecular formula is C10H9BF3KN2. The van der Waals surface area contributed by atoms with E-state index < -0.39 is 12.6 Å². The fraction of sp³-hybridized carbons (Fsp3) is 0.100. The van der Waals surface area contributed by atoms with Crippen LogP contribution in [0.5, 0.6) is 0 Å². The van der Waals surface area contributed by atoms with Gasteiger partial charge < -0.3 is 12.9 Å². The quantitative estimate of drug-likeness (QED) is 0.652. The van der Waals surface area contributed by atoms with E-state index in [4.69, 9.17) is 0 Å². The molecule has 0 aliphatic heterocycles. The van der Waals surface area contributed by atoms with Gasteiger partial charge in [0.2, 0.25) is 0 Å². The Kier molecular flexibility index (Phi) is 5.03. The molecule has 1 aromatic heterocycles. The van der Waals surface area contributed by atoms with Gasteiger partial charge in [0, 0.05) is 6.20 Å². The molecule has 0 atom stereocenters. The van der Waals surface area contributed by atoms with Gasteiger partial charge in [-0.2, -0.15) is 5.10 Å². The summed E-state index contributed by atoms with van der Waals surface area (Å²) in [7, 11) is 0. The van der Waals surface area contributed by atoms with E-state index in [-0.39, 0.29) is 51.4 Å². The zero-order chi connectivity index (χ0) is 11.8. The number of benzene rings is 1. The first-order chi connectivity index (χ1) is 7.48. The Labute approximate surface area is 140 Å². The minimum atomic E-state index is -5.04. The van der Waals surface area contributed by atoms with E-state index in [2.05, 4.69) is 5.10 Å². The Morgan fingerprint density at radius 3 is 2.47 bits per heavy atom. The molecule has 0 radical (unpaired) electrons. The molecule has 0 spiro atoms. The van der Waals surface area contributed by atoms with Crippen molar-refractivity contribution in [1.29, 1.82) is 0 Å². The van der Waals surface area contributed by atoms with Gasteiger partial charge in [0.25, 0.3) is 0 Å². The second-order valence-electron chi connectivity index (χ2n) is 3.58. The van der Waals surface area contributed by atoms with Crippen molar-refractivity contribution in [3.8, 4) is 5.69 Å². The van der Waals surface area contributed by atoms with Crippen molar-refractivity contribution in [1.82, 2.24) is 9.78 Å². The number of hydrogen-bond donors (Lipinski definition) is 0. The number of rotatable bonds is 2. The molecule has 2 aromatic rings. The van der Waals surface area contributed by atoms with Crippen LogP contribution in [-0.2, 0) is 0 Å². The summed E-state index contributed by atoms with van der Waals surface area (Å²) < 4.78 is 38.9. The van der Waals surface area contributed by atoms with Gasteiger partial charge in [-0.15, -0.1) is 0 Å². The zero-order valence-corrected chi connectivity index (χ0v) is 12.7. The third kappa shape index (κ3) is 3.45. The van der Waals surface area contributed by atoms with E-state index >= 15 is 0 Å². The molecule has 2 nitrogen and oxygen atoms in total. The Balaban J connectivity index is 0.00000144. The summed E-state index contributed by atoms with van der Waals surface area (Å²) in [5, 5.41) is 3.71. The van der Waals surface area contributed by atoms with Crippen molar-refractivity contribution in [2.75, 3.05) is 0 Å². The molecule has 0 saturated heterocycles. The molecule has 1 aromatic carbocycles. The van der Waals surface area contributed by atoms with Crippen LogP contribution in [0.3, 0.4) is 0 Å². The maximum Gasteiger partial charge on any atom is 1.00 e. The summed E-state index contributed by atoms with van der Waals surface area (Å²) in [5.41, 5.74) is 0.624. The molecule has 84 valence electrons. The van der Waals surface area contributed by atoms with Crippen LogP contribution >= 0.6 is 0 Å². The number of nitrogens with zero attached hydrogens (tertiary/aromatic N) is 2. The molecule has 0 amide bonds. The number of halogens is 3. The number of aromatic nitrogens is 2. The summed E-state index contributed by atoms with van der Waals surface area (Å²) in [5.74, 6) is 0. The van der Waals surface area contributed by atoms with Gasteiger partial charge in [0.05, 0.1) is 5.69 Å². The molecule has 0 saturated carbocycles. The van der Waals surface area contributed by atoms with E-state index in [1.54, 1.807) is 18.2 Å². The smallest absolute Gasteiger partial charge is 0.444 e. The van der Waals surface area contributed by atoms with Gasteiger partial charge in [0.15, 0.2) is 0 Å². The van der Waals surface area contributed by atoms with Crippen LogP contribution in [0.15, 0.2) is 36.5 Å². The van der Waals surface area contributed by atoms with Crippen LogP contribution in [0.4, 0.5) is 12.9 Å². The first-order valence-electron chi connectivity index (χ1n) is 4.79. The molecule has 17 heavy (non-hydrogen) atoms. The Hall–Kier alpha value is -0.0787. The average molecular weight is 264 g/mol. The molecule has 0 aliphatic rings. The third-order valence-electron chi connectivity index (χ3n) is 2.25. The largest absolute Gasteiger partial charge is 1.00 e. The van der Waals surface area contributed by atoms with Crippen LogP contribution in [0.2, 0.25) is 0 Å².